The lowest BCUT2D eigenvalue weighted by atomic mass is 9.90. The molecule has 44 heavy (non-hydrogen) atoms. The van der Waals surface area contributed by atoms with Crippen molar-refractivity contribution in [2.24, 2.45) is 5.92 Å². The summed E-state index contributed by atoms with van der Waals surface area (Å²) in [6.45, 7) is 8.94. The first kappa shape index (κ1) is 31.7. The number of aromatic nitrogens is 2. The SMILES string of the molecule is Cc1ccc(-n2nc(C(C)(C)C)cc2NC(=O)Nc2ccccc2CC2CCN(S(=O)(=O)c3ccc(F)c(Cl)c3)CC2)cc1. The van der Waals surface area contributed by atoms with Gasteiger partial charge in [-0.25, -0.2) is 22.3 Å². The number of piperidine rings is 1. The topological polar surface area (TPSA) is 96.3 Å². The average molecular weight is 638 g/mol. The standard InChI is InChI=1S/C33H37ClFN5O3S/c1-22-9-11-25(12-10-22)40-31(21-30(38-40)33(2,3)4)37-32(41)36-29-8-6-5-7-24(29)19-23-15-17-39(18-16-23)44(42,43)26-13-14-28(35)27(34)20-26/h5-14,20-21,23H,15-19H2,1-4H3,(H2,36,37,41). The van der Waals surface area contributed by atoms with Gasteiger partial charge in [-0.05, 0) is 74.1 Å². The number of hydrogen-bond donors (Lipinski definition) is 2. The van der Waals surface area contributed by atoms with E-state index in [0.29, 0.717) is 43.9 Å². The van der Waals surface area contributed by atoms with E-state index >= 15 is 0 Å². The predicted octanol–water partition coefficient (Wildman–Crippen LogP) is 7.56. The Hall–Kier alpha value is -3.73. The van der Waals surface area contributed by atoms with Gasteiger partial charge in [-0.1, -0.05) is 68.3 Å². The zero-order valence-corrected chi connectivity index (χ0v) is 26.8. The van der Waals surface area contributed by atoms with Crippen LogP contribution in [0.5, 0.6) is 0 Å². The number of halogens is 2. The molecular formula is C33H37ClFN5O3S. The van der Waals surface area contributed by atoms with Gasteiger partial charge in [0.25, 0.3) is 0 Å². The molecule has 0 spiro atoms. The number of benzene rings is 3. The van der Waals surface area contributed by atoms with E-state index in [1.807, 2.05) is 61.5 Å². The molecule has 11 heteroatoms. The summed E-state index contributed by atoms with van der Waals surface area (Å²) in [6, 6.07) is 20.6. The molecular weight excluding hydrogens is 601 g/mol. The lowest BCUT2D eigenvalue weighted by Crippen LogP contribution is -2.39. The van der Waals surface area contributed by atoms with Crippen LogP contribution in [0.4, 0.5) is 20.7 Å². The Morgan fingerprint density at radius 1 is 1.00 bits per heavy atom. The van der Waals surface area contributed by atoms with E-state index in [-0.39, 0.29) is 27.3 Å². The number of anilines is 2. The third-order valence-electron chi connectivity index (χ3n) is 7.87. The van der Waals surface area contributed by atoms with Crippen molar-refractivity contribution >= 4 is 39.2 Å². The van der Waals surface area contributed by atoms with Crippen molar-refractivity contribution in [1.29, 1.82) is 0 Å². The molecule has 0 atom stereocenters. The Bertz CT molecular complexity index is 1760. The number of aryl methyl sites for hydroxylation is 1. The highest BCUT2D eigenvalue weighted by Crippen LogP contribution is 2.30. The van der Waals surface area contributed by atoms with Crippen LogP contribution < -0.4 is 10.6 Å². The minimum Gasteiger partial charge on any atom is -0.307 e. The van der Waals surface area contributed by atoms with Crippen LogP contribution in [0.2, 0.25) is 5.02 Å². The number of amides is 2. The normalized spacial score (nSPS) is 14.9. The summed E-state index contributed by atoms with van der Waals surface area (Å²) in [5.41, 5.74) is 4.28. The molecule has 2 amide bonds. The summed E-state index contributed by atoms with van der Waals surface area (Å²) in [5.74, 6) is 0.128. The molecule has 0 saturated carbocycles. The zero-order chi connectivity index (χ0) is 31.6. The summed E-state index contributed by atoms with van der Waals surface area (Å²) in [5, 5.41) is 10.6. The molecule has 1 aliphatic heterocycles. The molecule has 1 aliphatic rings. The van der Waals surface area contributed by atoms with Crippen LogP contribution >= 0.6 is 11.6 Å². The van der Waals surface area contributed by atoms with Crippen LogP contribution in [0.3, 0.4) is 0 Å². The number of urea groups is 1. The maximum atomic E-state index is 13.6. The first-order chi connectivity index (χ1) is 20.8. The van der Waals surface area contributed by atoms with E-state index in [2.05, 4.69) is 31.4 Å². The second-order valence-corrected chi connectivity index (χ2v) is 14.6. The number of nitrogens with zero attached hydrogens (tertiary/aromatic N) is 3. The fourth-order valence-electron chi connectivity index (χ4n) is 5.26. The zero-order valence-electron chi connectivity index (χ0n) is 25.3. The first-order valence-electron chi connectivity index (χ1n) is 14.6. The smallest absolute Gasteiger partial charge is 0.307 e. The molecule has 1 aromatic heterocycles. The molecule has 4 aromatic rings. The largest absolute Gasteiger partial charge is 0.324 e. The monoisotopic (exact) mass is 637 g/mol. The maximum Gasteiger partial charge on any atom is 0.324 e. The summed E-state index contributed by atoms with van der Waals surface area (Å²) in [6.07, 6.45) is 1.99. The minimum absolute atomic E-state index is 0.0127. The van der Waals surface area contributed by atoms with E-state index < -0.39 is 15.8 Å². The van der Waals surface area contributed by atoms with Crippen LogP contribution in [-0.2, 0) is 21.9 Å². The maximum absolute atomic E-state index is 13.6. The number of carbonyl (C=O) groups is 1. The van der Waals surface area contributed by atoms with Crippen molar-refractivity contribution in [2.75, 3.05) is 23.7 Å². The molecule has 8 nitrogen and oxygen atoms in total. The third kappa shape index (κ3) is 7.14. The molecule has 5 rings (SSSR count). The van der Waals surface area contributed by atoms with Crippen molar-refractivity contribution in [3.63, 3.8) is 0 Å². The molecule has 0 unspecified atom stereocenters. The Morgan fingerprint density at radius 2 is 1.68 bits per heavy atom. The summed E-state index contributed by atoms with van der Waals surface area (Å²) in [4.78, 5) is 13.3. The Kier molecular flexibility index (Phi) is 9.15. The van der Waals surface area contributed by atoms with E-state index in [0.717, 1.165) is 34.6 Å². The van der Waals surface area contributed by atoms with Crippen molar-refractivity contribution < 1.29 is 17.6 Å². The van der Waals surface area contributed by atoms with E-state index in [9.17, 15) is 17.6 Å². The lowest BCUT2D eigenvalue weighted by Gasteiger charge is -2.31. The molecule has 232 valence electrons. The van der Waals surface area contributed by atoms with Crippen molar-refractivity contribution in [1.82, 2.24) is 14.1 Å². The molecule has 0 bridgehead atoms. The number of rotatable bonds is 7. The molecule has 0 radical (unpaired) electrons. The highest BCUT2D eigenvalue weighted by atomic mass is 35.5. The second kappa shape index (κ2) is 12.7. The number of nitrogens with one attached hydrogen (secondary N) is 2. The van der Waals surface area contributed by atoms with Crippen LogP contribution in [0.25, 0.3) is 5.69 Å². The van der Waals surface area contributed by atoms with Gasteiger partial charge < -0.3 is 5.32 Å². The number of para-hydroxylation sites is 1. The third-order valence-corrected chi connectivity index (χ3v) is 10.1. The number of sulfonamides is 1. The van der Waals surface area contributed by atoms with Crippen LogP contribution in [0.1, 0.15) is 50.4 Å². The van der Waals surface area contributed by atoms with Gasteiger partial charge in [0.15, 0.2) is 0 Å². The lowest BCUT2D eigenvalue weighted by molar-refractivity contribution is 0.261. The Balaban J connectivity index is 1.26. The molecule has 0 aliphatic carbocycles. The van der Waals surface area contributed by atoms with Crippen molar-refractivity contribution in [3.8, 4) is 5.69 Å². The Morgan fingerprint density at radius 3 is 2.34 bits per heavy atom. The van der Waals surface area contributed by atoms with Crippen LogP contribution in [0, 0.1) is 18.7 Å². The van der Waals surface area contributed by atoms with Gasteiger partial charge in [0.05, 0.1) is 21.3 Å². The molecule has 2 heterocycles. The summed E-state index contributed by atoms with van der Waals surface area (Å²) < 4.78 is 43.0. The summed E-state index contributed by atoms with van der Waals surface area (Å²) >= 11 is 5.83. The van der Waals surface area contributed by atoms with Gasteiger partial charge in [-0.15, -0.1) is 0 Å². The van der Waals surface area contributed by atoms with Gasteiger partial charge in [-0.3, -0.25) is 5.32 Å². The van der Waals surface area contributed by atoms with E-state index in [4.69, 9.17) is 16.7 Å². The average Bonchev–Trinajstić information content (AvgIpc) is 3.40. The minimum atomic E-state index is -3.78. The van der Waals surface area contributed by atoms with E-state index in [1.54, 1.807) is 4.68 Å². The highest BCUT2D eigenvalue weighted by molar-refractivity contribution is 7.89. The van der Waals surface area contributed by atoms with Gasteiger partial charge in [0.2, 0.25) is 10.0 Å². The summed E-state index contributed by atoms with van der Waals surface area (Å²) in [7, 11) is -3.78. The quantitative estimate of drug-likeness (QED) is 0.219. The van der Waals surface area contributed by atoms with Gasteiger partial charge >= 0.3 is 6.03 Å². The van der Waals surface area contributed by atoms with Gasteiger partial charge in [0, 0.05) is 30.3 Å². The first-order valence-corrected chi connectivity index (χ1v) is 16.4. The second-order valence-electron chi connectivity index (χ2n) is 12.3. The molecule has 1 fully saturated rings. The fourth-order valence-corrected chi connectivity index (χ4v) is 7.00. The number of hydrogen-bond acceptors (Lipinski definition) is 4. The van der Waals surface area contributed by atoms with Crippen molar-refractivity contribution in [2.45, 2.75) is 57.3 Å². The van der Waals surface area contributed by atoms with Gasteiger partial charge in [-0.2, -0.15) is 9.40 Å². The fraction of sp³-hybridized carbons (Fsp3) is 0.333. The number of carbonyl (C=O) groups excluding carboxylic acids is 1. The van der Waals surface area contributed by atoms with Crippen molar-refractivity contribution in [3.05, 3.63) is 100 Å². The molecule has 2 N–H and O–H groups in total. The van der Waals surface area contributed by atoms with Gasteiger partial charge in [0.1, 0.15) is 11.6 Å². The van der Waals surface area contributed by atoms with E-state index in [1.165, 1.54) is 10.4 Å². The Labute approximate surface area is 263 Å². The van der Waals surface area contributed by atoms with Crippen LogP contribution in [0.15, 0.2) is 77.7 Å². The predicted molar refractivity (Wildman–Crippen MR) is 173 cm³/mol. The van der Waals surface area contributed by atoms with Crippen LogP contribution in [-0.4, -0.2) is 41.6 Å². The molecule has 3 aromatic carbocycles. The molecule has 1 saturated heterocycles. The highest BCUT2D eigenvalue weighted by Gasteiger charge is 2.30.